The van der Waals surface area contributed by atoms with Crippen molar-refractivity contribution in [2.75, 3.05) is 19.6 Å². The van der Waals surface area contributed by atoms with Gasteiger partial charge in [0.05, 0.1) is 0 Å². The van der Waals surface area contributed by atoms with Crippen molar-refractivity contribution in [3.05, 3.63) is 0 Å². The van der Waals surface area contributed by atoms with Crippen molar-refractivity contribution in [3.63, 3.8) is 0 Å². The molecule has 3 saturated heterocycles. The highest BCUT2D eigenvalue weighted by Crippen LogP contribution is 2.35. The number of carbonyl (C=O) groups excluding carboxylic acids is 3. The van der Waals surface area contributed by atoms with E-state index in [2.05, 4.69) is 0 Å². The highest BCUT2D eigenvalue weighted by molar-refractivity contribution is 7.17. The Labute approximate surface area is 123 Å². The van der Waals surface area contributed by atoms with Crippen molar-refractivity contribution in [1.82, 2.24) is 13.7 Å². The van der Waals surface area contributed by atoms with Gasteiger partial charge in [0.1, 0.15) is 0 Å². The van der Waals surface area contributed by atoms with Crippen molar-refractivity contribution < 1.29 is 14.4 Å². The lowest BCUT2D eigenvalue weighted by molar-refractivity contribution is -0.128. The van der Waals surface area contributed by atoms with E-state index in [1.165, 1.54) is 0 Å². The Bertz CT molecular complexity index is 408. The SMILES string of the molecule is O=C1CCCN1[Si](Cl)(N1CCCC1=O)N1CCCC1=O. The van der Waals surface area contributed by atoms with E-state index in [0.29, 0.717) is 38.9 Å². The van der Waals surface area contributed by atoms with Gasteiger partial charge in [-0.2, -0.15) is 0 Å². The predicted octanol–water partition coefficient (Wildman–Crippen LogP) is 0.528. The molecular formula is C12H18ClN3O3Si. The summed E-state index contributed by atoms with van der Waals surface area (Å²) in [6.07, 6.45) is 3.65. The van der Waals surface area contributed by atoms with Crippen LogP contribution < -0.4 is 0 Å². The van der Waals surface area contributed by atoms with Gasteiger partial charge in [-0.25, -0.2) is 0 Å². The summed E-state index contributed by atoms with van der Waals surface area (Å²) in [5.74, 6) is -0.0665. The molecule has 0 bridgehead atoms. The lowest BCUT2D eigenvalue weighted by atomic mass is 10.4. The van der Waals surface area contributed by atoms with Crippen LogP contribution in [0.1, 0.15) is 38.5 Å². The van der Waals surface area contributed by atoms with Crippen molar-refractivity contribution in [3.8, 4) is 0 Å². The molecule has 3 aliphatic rings. The van der Waals surface area contributed by atoms with E-state index >= 15 is 0 Å². The molecule has 8 heteroatoms. The number of hydrogen-bond donors (Lipinski definition) is 0. The molecule has 3 heterocycles. The van der Waals surface area contributed by atoms with Gasteiger partial charge >= 0.3 is 7.87 Å². The molecular weight excluding hydrogens is 298 g/mol. The Morgan fingerprint density at radius 1 is 0.700 bits per heavy atom. The first-order chi connectivity index (χ1) is 9.55. The molecule has 0 aromatic rings. The van der Waals surface area contributed by atoms with Gasteiger partial charge in [-0.15, -0.1) is 0 Å². The van der Waals surface area contributed by atoms with Crippen molar-refractivity contribution in [2.45, 2.75) is 38.5 Å². The van der Waals surface area contributed by atoms with Crippen LogP contribution in [0.4, 0.5) is 0 Å². The highest BCUT2D eigenvalue weighted by Gasteiger charge is 2.59. The molecule has 0 aliphatic carbocycles. The van der Waals surface area contributed by atoms with Crippen molar-refractivity contribution in [1.29, 1.82) is 0 Å². The third-order valence-electron chi connectivity index (χ3n) is 4.25. The summed E-state index contributed by atoms with van der Waals surface area (Å²) in [6, 6.07) is 0. The van der Waals surface area contributed by atoms with Gasteiger partial charge in [0.15, 0.2) is 0 Å². The average molecular weight is 316 g/mol. The van der Waals surface area contributed by atoms with E-state index in [-0.39, 0.29) is 17.7 Å². The average Bonchev–Trinajstić information content (AvgIpc) is 3.10. The molecule has 3 rings (SSSR count). The maximum Gasteiger partial charge on any atom is 0.492 e. The zero-order chi connectivity index (χ0) is 14.3. The number of hydrogen-bond acceptors (Lipinski definition) is 3. The minimum absolute atomic E-state index is 0.0222. The Hall–Kier alpha value is -1.08. The maximum absolute atomic E-state index is 12.1. The van der Waals surface area contributed by atoms with Crippen molar-refractivity contribution >= 4 is 36.7 Å². The minimum atomic E-state index is -3.22. The van der Waals surface area contributed by atoms with Crippen molar-refractivity contribution in [2.24, 2.45) is 0 Å². The lowest BCUT2D eigenvalue weighted by Gasteiger charge is -2.44. The predicted molar refractivity (Wildman–Crippen MR) is 74.4 cm³/mol. The smallest absolute Gasteiger partial charge is 0.323 e. The second kappa shape index (κ2) is 5.03. The molecule has 0 aromatic carbocycles. The maximum atomic E-state index is 12.1. The van der Waals surface area contributed by atoms with E-state index in [1.807, 2.05) is 0 Å². The van der Waals surface area contributed by atoms with E-state index in [1.54, 1.807) is 13.7 Å². The molecule has 0 N–H and O–H groups in total. The monoisotopic (exact) mass is 315 g/mol. The van der Waals surface area contributed by atoms with Crippen LogP contribution in [0.3, 0.4) is 0 Å². The van der Waals surface area contributed by atoms with Crippen LogP contribution in [-0.4, -0.2) is 58.9 Å². The lowest BCUT2D eigenvalue weighted by Crippen LogP contribution is -2.72. The Morgan fingerprint density at radius 2 is 1.00 bits per heavy atom. The zero-order valence-corrected chi connectivity index (χ0v) is 13.1. The molecule has 3 fully saturated rings. The molecule has 0 atom stereocenters. The molecule has 0 spiro atoms. The summed E-state index contributed by atoms with van der Waals surface area (Å²) in [6.45, 7) is 1.67. The van der Waals surface area contributed by atoms with E-state index in [4.69, 9.17) is 11.1 Å². The first-order valence-corrected chi connectivity index (χ1v) is 10.0. The quantitative estimate of drug-likeness (QED) is 0.564. The second-order valence-corrected chi connectivity index (χ2v) is 9.75. The topological polar surface area (TPSA) is 60.9 Å². The second-order valence-electron chi connectivity index (χ2n) is 5.50. The number of rotatable bonds is 3. The summed E-state index contributed by atoms with van der Waals surface area (Å²) >= 11 is 6.90. The summed E-state index contributed by atoms with van der Waals surface area (Å²) < 4.78 is 4.92. The van der Waals surface area contributed by atoms with Crippen LogP contribution in [0.2, 0.25) is 0 Å². The van der Waals surface area contributed by atoms with Crippen LogP contribution in [0.25, 0.3) is 0 Å². The number of amides is 3. The Balaban J connectivity index is 1.99. The number of halogens is 1. The van der Waals surface area contributed by atoms with Crippen LogP contribution in [0.5, 0.6) is 0 Å². The third kappa shape index (κ3) is 1.95. The fraction of sp³-hybridized carbons (Fsp3) is 0.750. The highest BCUT2D eigenvalue weighted by atomic mass is 35.6. The molecule has 20 heavy (non-hydrogen) atoms. The third-order valence-corrected chi connectivity index (χ3v) is 9.57. The van der Waals surface area contributed by atoms with Gasteiger partial charge in [-0.3, -0.25) is 14.4 Å². The standard InChI is InChI=1S/C12H18ClN3O3Si/c13-20(14-7-1-4-10(14)17,15-8-2-5-11(15)18)16-9-3-6-12(16)19/h1-9H2. The zero-order valence-electron chi connectivity index (χ0n) is 11.3. The van der Waals surface area contributed by atoms with Gasteiger partial charge < -0.3 is 13.7 Å². The molecule has 0 unspecified atom stereocenters. The number of carbonyl (C=O) groups is 3. The van der Waals surface area contributed by atoms with Gasteiger partial charge in [0.2, 0.25) is 17.7 Å². The molecule has 0 radical (unpaired) electrons. The van der Waals surface area contributed by atoms with Crippen LogP contribution >= 0.6 is 11.1 Å². The molecule has 0 saturated carbocycles. The van der Waals surface area contributed by atoms with Gasteiger partial charge in [0, 0.05) is 38.9 Å². The minimum Gasteiger partial charge on any atom is -0.323 e. The first kappa shape index (κ1) is 13.9. The van der Waals surface area contributed by atoms with Crippen LogP contribution in [0.15, 0.2) is 0 Å². The largest absolute Gasteiger partial charge is 0.492 e. The fourth-order valence-corrected chi connectivity index (χ4v) is 8.38. The summed E-state index contributed by atoms with van der Waals surface area (Å²) in [7, 11) is -3.22. The van der Waals surface area contributed by atoms with E-state index in [9.17, 15) is 14.4 Å². The van der Waals surface area contributed by atoms with Gasteiger partial charge in [-0.05, 0) is 19.3 Å². The first-order valence-electron chi connectivity index (χ1n) is 7.15. The van der Waals surface area contributed by atoms with Crippen LogP contribution in [0, 0.1) is 0 Å². The molecule has 6 nitrogen and oxygen atoms in total. The summed E-state index contributed by atoms with van der Waals surface area (Å²) in [5, 5.41) is 0. The fourth-order valence-electron chi connectivity index (χ4n) is 3.28. The summed E-state index contributed by atoms with van der Waals surface area (Å²) in [4.78, 5) is 36.4. The molecule has 0 aromatic heterocycles. The van der Waals surface area contributed by atoms with E-state index < -0.39 is 7.87 Å². The number of nitrogens with zero attached hydrogens (tertiary/aromatic N) is 3. The normalized spacial score (nSPS) is 24.4. The molecule has 110 valence electrons. The molecule has 3 amide bonds. The van der Waals surface area contributed by atoms with Gasteiger partial charge in [0.25, 0.3) is 0 Å². The molecule has 3 aliphatic heterocycles. The summed E-state index contributed by atoms with van der Waals surface area (Å²) in [5.41, 5.74) is 0. The van der Waals surface area contributed by atoms with Crippen LogP contribution in [-0.2, 0) is 14.4 Å². The van der Waals surface area contributed by atoms with Gasteiger partial charge in [-0.1, -0.05) is 11.1 Å². The Morgan fingerprint density at radius 3 is 1.20 bits per heavy atom. The Kier molecular flexibility index (Phi) is 3.49. The van der Waals surface area contributed by atoms with E-state index in [0.717, 1.165) is 19.3 Å².